The molecule has 1 aliphatic carbocycles. The van der Waals surface area contributed by atoms with Crippen LogP contribution in [-0.2, 0) is 0 Å². The highest BCUT2D eigenvalue weighted by Gasteiger charge is 2.25. The van der Waals surface area contributed by atoms with Crippen LogP contribution in [0.3, 0.4) is 0 Å². The number of anilines is 1. The first-order valence-electron chi connectivity index (χ1n) is 6.32. The minimum atomic E-state index is 0.675. The fourth-order valence-corrected chi connectivity index (χ4v) is 2.17. The molecule has 4 heteroatoms. The first-order chi connectivity index (χ1) is 8.35. The van der Waals surface area contributed by atoms with Crippen molar-refractivity contribution in [3.8, 4) is 5.88 Å². The minimum absolute atomic E-state index is 0.675. The van der Waals surface area contributed by atoms with E-state index in [2.05, 4.69) is 16.0 Å². The second-order valence-corrected chi connectivity index (χ2v) is 4.48. The molecule has 1 heterocycles. The number of methoxy groups -OCH3 is 1. The lowest BCUT2D eigenvalue weighted by Gasteiger charge is -2.39. The Bertz CT molecular complexity index is 352. The van der Waals surface area contributed by atoms with Crippen LogP contribution >= 0.6 is 0 Å². The van der Waals surface area contributed by atoms with Gasteiger partial charge in [-0.2, -0.15) is 0 Å². The quantitative estimate of drug-likeness (QED) is 0.817. The number of nitrogens with two attached hydrogens (primary N) is 1. The van der Waals surface area contributed by atoms with E-state index in [1.807, 2.05) is 12.3 Å². The van der Waals surface area contributed by atoms with Crippen LogP contribution in [0.25, 0.3) is 0 Å². The largest absolute Gasteiger partial charge is 0.481 e. The van der Waals surface area contributed by atoms with E-state index in [-0.39, 0.29) is 0 Å². The zero-order valence-electron chi connectivity index (χ0n) is 10.4. The Morgan fingerprint density at radius 2 is 2.35 bits per heavy atom. The Hall–Kier alpha value is -1.29. The Labute approximate surface area is 103 Å². The fourth-order valence-electron chi connectivity index (χ4n) is 2.17. The Kier molecular flexibility index (Phi) is 4.20. The average Bonchev–Trinajstić information content (AvgIpc) is 2.32. The molecule has 0 aliphatic heterocycles. The molecule has 1 fully saturated rings. The molecular formula is C13H21N3O. The van der Waals surface area contributed by atoms with Gasteiger partial charge in [0.05, 0.1) is 7.11 Å². The monoisotopic (exact) mass is 235 g/mol. The summed E-state index contributed by atoms with van der Waals surface area (Å²) in [6.07, 6.45) is 6.75. The van der Waals surface area contributed by atoms with Crippen LogP contribution in [0.4, 0.5) is 5.69 Å². The second-order valence-electron chi connectivity index (χ2n) is 4.48. The van der Waals surface area contributed by atoms with Crippen LogP contribution in [0.15, 0.2) is 18.3 Å². The fraction of sp³-hybridized carbons (Fsp3) is 0.615. The average molecular weight is 235 g/mol. The standard InChI is InChI=1S/C13H21N3O/c1-17-13-10-12(6-8-15-13)16(9-3-7-14)11-4-2-5-11/h6,8,10-11H,2-5,7,9,14H2,1H3. The molecule has 2 N–H and O–H groups in total. The van der Waals surface area contributed by atoms with Crippen LogP contribution in [0.5, 0.6) is 5.88 Å². The molecule has 0 bridgehead atoms. The molecule has 0 spiro atoms. The lowest BCUT2D eigenvalue weighted by atomic mass is 9.91. The number of hydrogen-bond acceptors (Lipinski definition) is 4. The summed E-state index contributed by atoms with van der Waals surface area (Å²) in [7, 11) is 1.65. The zero-order valence-corrected chi connectivity index (χ0v) is 10.4. The van der Waals surface area contributed by atoms with E-state index in [0.29, 0.717) is 11.9 Å². The number of pyridine rings is 1. The van der Waals surface area contributed by atoms with Gasteiger partial charge in [-0.05, 0) is 38.3 Å². The van der Waals surface area contributed by atoms with Crippen molar-refractivity contribution in [3.05, 3.63) is 18.3 Å². The van der Waals surface area contributed by atoms with Gasteiger partial charge in [-0.1, -0.05) is 0 Å². The van der Waals surface area contributed by atoms with Gasteiger partial charge >= 0.3 is 0 Å². The summed E-state index contributed by atoms with van der Waals surface area (Å²) in [5.41, 5.74) is 6.81. The lowest BCUT2D eigenvalue weighted by Crippen LogP contribution is -2.41. The molecule has 4 nitrogen and oxygen atoms in total. The smallest absolute Gasteiger partial charge is 0.214 e. The number of aromatic nitrogens is 1. The summed E-state index contributed by atoms with van der Waals surface area (Å²) in [6.45, 7) is 1.76. The molecule has 0 aromatic carbocycles. The van der Waals surface area contributed by atoms with Gasteiger partial charge in [0.25, 0.3) is 0 Å². The van der Waals surface area contributed by atoms with E-state index in [1.54, 1.807) is 7.11 Å². The maximum absolute atomic E-state index is 5.61. The highest BCUT2D eigenvalue weighted by atomic mass is 16.5. The first-order valence-corrected chi connectivity index (χ1v) is 6.32. The molecule has 94 valence electrons. The SMILES string of the molecule is COc1cc(N(CCCN)C2CCC2)ccn1. The summed E-state index contributed by atoms with van der Waals surface area (Å²) in [5.74, 6) is 0.680. The van der Waals surface area contributed by atoms with Gasteiger partial charge in [0, 0.05) is 30.5 Å². The highest BCUT2D eigenvalue weighted by Crippen LogP contribution is 2.30. The minimum Gasteiger partial charge on any atom is -0.481 e. The summed E-state index contributed by atoms with van der Waals surface area (Å²) in [4.78, 5) is 6.60. The van der Waals surface area contributed by atoms with E-state index >= 15 is 0 Å². The van der Waals surface area contributed by atoms with E-state index < -0.39 is 0 Å². The van der Waals surface area contributed by atoms with Gasteiger partial charge in [-0.3, -0.25) is 0 Å². The van der Waals surface area contributed by atoms with Crippen molar-refractivity contribution in [1.82, 2.24) is 4.98 Å². The normalized spacial score (nSPS) is 15.4. The van der Waals surface area contributed by atoms with Gasteiger partial charge in [0.2, 0.25) is 5.88 Å². The summed E-state index contributed by atoms with van der Waals surface area (Å²) in [6, 6.07) is 4.74. The van der Waals surface area contributed by atoms with E-state index in [4.69, 9.17) is 10.5 Å². The van der Waals surface area contributed by atoms with Crippen molar-refractivity contribution in [2.45, 2.75) is 31.7 Å². The molecule has 0 atom stereocenters. The van der Waals surface area contributed by atoms with Crippen molar-refractivity contribution in [1.29, 1.82) is 0 Å². The highest BCUT2D eigenvalue weighted by molar-refractivity contribution is 5.49. The van der Waals surface area contributed by atoms with Crippen LogP contribution < -0.4 is 15.4 Å². The third kappa shape index (κ3) is 2.88. The van der Waals surface area contributed by atoms with Crippen LogP contribution in [0.2, 0.25) is 0 Å². The molecule has 17 heavy (non-hydrogen) atoms. The molecule has 0 saturated heterocycles. The molecule has 0 unspecified atom stereocenters. The van der Waals surface area contributed by atoms with Gasteiger partial charge in [-0.25, -0.2) is 4.98 Å². The maximum atomic E-state index is 5.61. The molecule has 2 rings (SSSR count). The van der Waals surface area contributed by atoms with Crippen LogP contribution in [0, 0.1) is 0 Å². The van der Waals surface area contributed by atoms with Crippen molar-refractivity contribution in [3.63, 3.8) is 0 Å². The summed E-state index contributed by atoms with van der Waals surface area (Å²) in [5, 5.41) is 0. The van der Waals surface area contributed by atoms with E-state index in [0.717, 1.165) is 19.5 Å². The van der Waals surface area contributed by atoms with Crippen molar-refractivity contribution in [2.24, 2.45) is 5.73 Å². The number of rotatable bonds is 6. The summed E-state index contributed by atoms with van der Waals surface area (Å²) >= 11 is 0. The van der Waals surface area contributed by atoms with Crippen molar-refractivity contribution < 1.29 is 4.74 Å². The number of ether oxygens (including phenoxy) is 1. The topological polar surface area (TPSA) is 51.4 Å². The molecule has 0 amide bonds. The predicted octanol–water partition coefficient (Wildman–Crippen LogP) is 1.80. The lowest BCUT2D eigenvalue weighted by molar-refractivity contribution is 0.381. The molecule has 1 aromatic rings. The van der Waals surface area contributed by atoms with E-state index in [1.165, 1.54) is 24.9 Å². The Morgan fingerprint density at radius 1 is 1.53 bits per heavy atom. The number of nitrogens with zero attached hydrogens (tertiary/aromatic N) is 2. The molecular weight excluding hydrogens is 214 g/mol. The molecule has 1 aliphatic rings. The van der Waals surface area contributed by atoms with Gasteiger partial charge in [0.1, 0.15) is 0 Å². The maximum Gasteiger partial charge on any atom is 0.214 e. The predicted molar refractivity (Wildman–Crippen MR) is 69.4 cm³/mol. The van der Waals surface area contributed by atoms with Gasteiger partial charge in [-0.15, -0.1) is 0 Å². The van der Waals surface area contributed by atoms with E-state index in [9.17, 15) is 0 Å². The van der Waals surface area contributed by atoms with Gasteiger partial charge in [0.15, 0.2) is 0 Å². The second kappa shape index (κ2) is 5.87. The third-order valence-corrected chi connectivity index (χ3v) is 3.38. The van der Waals surface area contributed by atoms with Crippen LogP contribution in [0.1, 0.15) is 25.7 Å². The Balaban J connectivity index is 2.11. The Morgan fingerprint density at radius 3 is 2.94 bits per heavy atom. The van der Waals surface area contributed by atoms with Crippen molar-refractivity contribution in [2.75, 3.05) is 25.1 Å². The first kappa shape index (κ1) is 12.2. The molecule has 1 saturated carbocycles. The zero-order chi connectivity index (χ0) is 12.1. The van der Waals surface area contributed by atoms with Gasteiger partial charge < -0.3 is 15.4 Å². The third-order valence-electron chi connectivity index (χ3n) is 3.38. The molecule has 0 radical (unpaired) electrons. The van der Waals surface area contributed by atoms with Crippen LogP contribution in [-0.4, -0.2) is 31.2 Å². The summed E-state index contributed by atoms with van der Waals surface area (Å²) < 4.78 is 5.18. The van der Waals surface area contributed by atoms with Crippen molar-refractivity contribution >= 4 is 5.69 Å². The molecule has 1 aromatic heterocycles. The number of hydrogen-bond donors (Lipinski definition) is 1.